The summed E-state index contributed by atoms with van der Waals surface area (Å²) >= 11 is 0. The summed E-state index contributed by atoms with van der Waals surface area (Å²) < 4.78 is 28.1. The number of nitrogens with two attached hydrogens (primary N) is 2. The Morgan fingerprint density at radius 2 is 1.67 bits per heavy atom. The molecule has 5 heteroatoms. The van der Waals surface area contributed by atoms with Gasteiger partial charge in [-0.3, -0.25) is 0 Å². The van der Waals surface area contributed by atoms with E-state index in [0.717, 1.165) is 18.1 Å². The molecule has 2 aromatic carbocycles. The number of anilines is 2. The summed E-state index contributed by atoms with van der Waals surface area (Å²) in [5.41, 5.74) is 10.7. The van der Waals surface area contributed by atoms with Crippen LogP contribution in [0, 0.1) is 11.6 Å². The third-order valence-corrected chi connectivity index (χ3v) is 4.18. The highest BCUT2D eigenvalue weighted by molar-refractivity contribution is 5.76. The average molecular weight is 290 g/mol. The van der Waals surface area contributed by atoms with E-state index in [4.69, 9.17) is 11.5 Å². The van der Waals surface area contributed by atoms with Crippen molar-refractivity contribution >= 4 is 11.4 Å². The van der Waals surface area contributed by atoms with Gasteiger partial charge in [0, 0.05) is 0 Å². The predicted octanol–water partition coefficient (Wildman–Crippen LogP) is 3.17. The molecule has 5 N–H and O–H groups in total. The number of halogens is 2. The predicted molar refractivity (Wildman–Crippen MR) is 78.4 cm³/mol. The standard InChI is InChI=1S/C16H16F2N2O/c17-11-8-12(19)15(20)14(18)13(11)9-2-4-10(5-3-9)16(21)6-1-7-16/h2-5,8,21H,1,6-7,19-20H2. The van der Waals surface area contributed by atoms with Crippen LogP contribution in [0.15, 0.2) is 30.3 Å². The average Bonchev–Trinajstić information content (AvgIpc) is 2.43. The van der Waals surface area contributed by atoms with Crippen molar-refractivity contribution in [1.29, 1.82) is 0 Å². The lowest BCUT2D eigenvalue weighted by molar-refractivity contribution is -0.0387. The minimum Gasteiger partial charge on any atom is -0.397 e. The van der Waals surface area contributed by atoms with Gasteiger partial charge in [-0.2, -0.15) is 0 Å². The SMILES string of the molecule is Nc1cc(F)c(-c2ccc(C3(O)CCC3)cc2)c(F)c1N. The highest BCUT2D eigenvalue weighted by Gasteiger charge is 2.36. The molecule has 0 atom stereocenters. The summed E-state index contributed by atoms with van der Waals surface area (Å²) in [5.74, 6) is -1.61. The van der Waals surface area contributed by atoms with Gasteiger partial charge in [-0.1, -0.05) is 24.3 Å². The van der Waals surface area contributed by atoms with Gasteiger partial charge in [0.15, 0.2) is 5.82 Å². The second-order valence-corrected chi connectivity index (χ2v) is 5.51. The Kier molecular flexibility index (Phi) is 3.10. The van der Waals surface area contributed by atoms with E-state index in [-0.39, 0.29) is 16.9 Å². The Bertz CT molecular complexity index is 694. The van der Waals surface area contributed by atoms with E-state index in [1.54, 1.807) is 24.3 Å². The summed E-state index contributed by atoms with van der Waals surface area (Å²) in [5, 5.41) is 10.2. The summed E-state index contributed by atoms with van der Waals surface area (Å²) in [6.45, 7) is 0. The molecule has 1 aliphatic rings. The monoisotopic (exact) mass is 290 g/mol. The largest absolute Gasteiger partial charge is 0.397 e. The maximum Gasteiger partial charge on any atom is 0.158 e. The van der Waals surface area contributed by atoms with Crippen molar-refractivity contribution in [3.05, 3.63) is 47.5 Å². The highest BCUT2D eigenvalue weighted by atomic mass is 19.1. The smallest absolute Gasteiger partial charge is 0.158 e. The van der Waals surface area contributed by atoms with Crippen molar-refractivity contribution in [2.75, 3.05) is 11.5 Å². The number of rotatable bonds is 2. The fourth-order valence-corrected chi connectivity index (χ4v) is 2.66. The molecule has 3 nitrogen and oxygen atoms in total. The van der Waals surface area contributed by atoms with Gasteiger partial charge >= 0.3 is 0 Å². The molecule has 1 fully saturated rings. The zero-order valence-corrected chi connectivity index (χ0v) is 11.4. The number of hydrogen-bond donors (Lipinski definition) is 3. The highest BCUT2D eigenvalue weighted by Crippen LogP contribution is 2.42. The number of nitrogen functional groups attached to an aromatic ring is 2. The molecular formula is C16H16F2N2O. The number of benzene rings is 2. The van der Waals surface area contributed by atoms with Gasteiger partial charge < -0.3 is 16.6 Å². The van der Waals surface area contributed by atoms with Gasteiger partial charge in [0.1, 0.15) is 5.82 Å². The van der Waals surface area contributed by atoms with Crippen molar-refractivity contribution in [1.82, 2.24) is 0 Å². The molecule has 0 saturated heterocycles. The molecule has 0 radical (unpaired) electrons. The van der Waals surface area contributed by atoms with Crippen LogP contribution in [0.25, 0.3) is 11.1 Å². The topological polar surface area (TPSA) is 72.3 Å². The first-order valence-electron chi connectivity index (χ1n) is 6.78. The van der Waals surface area contributed by atoms with Crippen molar-refractivity contribution < 1.29 is 13.9 Å². The second kappa shape index (κ2) is 4.70. The maximum absolute atomic E-state index is 14.1. The molecule has 1 saturated carbocycles. The molecule has 21 heavy (non-hydrogen) atoms. The second-order valence-electron chi connectivity index (χ2n) is 5.51. The van der Waals surface area contributed by atoms with Crippen LogP contribution in [0.5, 0.6) is 0 Å². The Balaban J connectivity index is 2.04. The molecular weight excluding hydrogens is 274 g/mol. The quantitative estimate of drug-likeness (QED) is 0.744. The number of hydrogen-bond acceptors (Lipinski definition) is 3. The zero-order valence-electron chi connectivity index (χ0n) is 11.4. The third-order valence-electron chi connectivity index (χ3n) is 4.18. The van der Waals surface area contributed by atoms with Crippen LogP contribution in [0.1, 0.15) is 24.8 Å². The van der Waals surface area contributed by atoms with Gasteiger partial charge in [-0.25, -0.2) is 8.78 Å². The molecule has 0 aromatic heterocycles. The minimum absolute atomic E-state index is 0.117. The third kappa shape index (κ3) is 2.14. The lowest BCUT2D eigenvalue weighted by Gasteiger charge is -2.37. The summed E-state index contributed by atoms with van der Waals surface area (Å²) in [6, 6.07) is 7.58. The first-order valence-corrected chi connectivity index (χ1v) is 6.78. The van der Waals surface area contributed by atoms with Crippen molar-refractivity contribution in [2.45, 2.75) is 24.9 Å². The molecule has 3 rings (SSSR count). The fraction of sp³-hybridized carbons (Fsp3) is 0.250. The van der Waals surface area contributed by atoms with E-state index in [2.05, 4.69) is 0 Å². The molecule has 0 heterocycles. The minimum atomic E-state index is -0.859. The van der Waals surface area contributed by atoms with Crippen LogP contribution in [-0.4, -0.2) is 5.11 Å². The number of aliphatic hydroxyl groups is 1. The molecule has 0 amide bonds. The Labute approximate surface area is 121 Å². The fourth-order valence-electron chi connectivity index (χ4n) is 2.66. The van der Waals surface area contributed by atoms with E-state index in [0.29, 0.717) is 18.4 Å². The lowest BCUT2D eigenvalue weighted by atomic mass is 9.75. The van der Waals surface area contributed by atoms with Crippen molar-refractivity contribution in [3.63, 3.8) is 0 Å². The van der Waals surface area contributed by atoms with Gasteiger partial charge in [-0.05, 0) is 36.5 Å². The first-order chi connectivity index (χ1) is 9.92. The summed E-state index contributed by atoms with van der Waals surface area (Å²) in [7, 11) is 0. The van der Waals surface area contributed by atoms with Gasteiger partial charge in [0.25, 0.3) is 0 Å². The molecule has 110 valence electrons. The lowest BCUT2D eigenvalue weighted by Crippen LogP contribution is -2.33. The molecule has 0 bridgehead atoms. The zero-order chi connectivity index (χ0) is 15.2. The van der Waals surface area contributed by atoms with Gasteiger partial charge in [0.2, 0.25) is 0 Å². The molecule has 2 aromatic rings. The van der Waals surface area contributed by atoms with Crippen molar-refractivity contribution in [2.24, 2.45) is 0 Å². The van der Waals surface area contributed by atoms with E-state index in [1.807, 2.05) is 0 Å². The summed E-state index contributed by atoms with van der Waals surface area (Å²) in [4.78, 5) is 0. The van der Waals surface area contributed by atoms with E-state index in [9.17, 15) is 13.9 Å². The van der Waals surface area contributed by atoms with Crippen LogP contribution < -0.4 is 11.5 Å². The van der Waals surface area contributed by atoms with Crippen LogP contribution in [0.3, 0.4) is 0 Å². The molecule has 0 unspecified atom stereocenters. The Morgan fingerprint density at radius 1 is 1.05 bits per heavy atom. The molecule has 0 spiro atoms. The van der Waals surface area contributed by atoms with Crippen LogP contribution in [0.2, 0.25) is 0 Å². The van der Waals surface area contributed by atoms with Crippen LogP contribution in [0.4, 0.5) is 20.2 Å². The van der Waals surface area contributed by atoms with E-state index in [1.165, 1.54) is 0 Å². The molecule has 0 aliphatic heterocycles. The maximum atomic E-state index is 14.1. The van der Waals surface area contributed by atoms with E-state index < -0.39 is 17.2 Å². The molecule has 1 aliphatic carbocycles. The van der Waals surface area contributed by atoms with Crippen LogP contribution >= 0.6 is 0 Å². The van der Waals surface area contributed by atoms with E-state index >= 15 is 0 Å². The summed E-state index contributed by atoms with van der Waals surface area (Å²) in [6.07, 6.45) is 2.41. The van der Waals surface area contributed by atoms with Crippen LogP contribution in [-0.2, 0) is 5.60 Å². The van der Waals surface area contributed by atoms with Crippen molar-refractivity contribution in [3.8, 4) is 11.1 Å². The Hall–Kier alpha value is -2.14. The first kappa shape index (κ1) is 13.8. The van der Waals surface area contributed by atoms with Gasteiger partial charge in [-0.15, -0.1) is 0 Å². The normalized spacial score (nSPS) is 16.5. The Morgan fingerprint density at radius 3 is 2.19 bits per heavy atom. The van der Waals surface area contributed by atoms with Gasteiger partial charge in [0.05, 0.1) is 22.5 Å².